The molecule has 0 saturated carbocycles. The van der Waals surface area contributed by atoms with Crippen LogP contribution in [0.15, 0.2) is 24.3 Å². The summed E-state index contributed by atoms with van der Waals surface area (Å²) in [5.41, 5.74) is 6.13. The highest BCUT2D eigenvalue weighted by Crippen LogP contribution is 2.12. The van der Waals surface area contributed by atoms with Crippen LogP contribution in [0.2, 0.25) is 0 Å². The largest absolute Gasteiger partial charge is 0.484 e. The van der Waals surface area contributed by atoms with Gasteiger partial charge >= 0.3 is 0 Å². The van der Waals surface area contributed by atoms with E-state index < -0.39 is 5.91 Å². The quantitative estimate of drug-likeness (QED) is 0.678. The van der Waals surface area contributed by atoms with Crippen molar-refractivity contribution in [2.75, 3.05) is 13.2 Å². The standard InChI is InChI=1S/C12H18N2O2/c1-2-6-14-8-10-4-3-5-11(7-10)16-9-12(13)15/h3-5,7,14H,2,6,8-9H2,1H3,(H2,13,15). The highest BCUT2D eigenvalue weighted by molar-refractivity contribution is 5.75. The summed E-state index contributed by atoms with van der Waals surface area (Å²) in [6.07, 6.45) is 1.11. The van der Waals surface area contributed by atoms with Gasteiger partial charge in [-0.3, -0.25) is 4.79 Å². The summed E-state index contributed by atoms with van der Waals surface area (Å²) < 4.78 is 5.21. The molecule has 1 aromatic rings. The topological polar surface area (TPSA) is 64.3 Å². The molecule has 4 nitrogen and oxygen atoms in total. The van der Waals surface area contributed by atoms with E-state index in [1.165, 1.54) is 0 Å². The summed E-state index contributed by atoms with van der Waals surface area (Å²) in [4.78, 5) is 10.6. The van der Waals surface area contributed by atoms with E-state index in [1.807, 2.05) is 24.3 Å². The minimum Gasteiger partial charge on any atom is -0.484 e. The van der Waals surface area contributed by atoms with Gasteiger partial charge in [0, 0.05) is 6.54 Å². The molecule has 0 aromatic heterocycles. The molecule has 0 unspecified atom stereocenters. The SMILES string of the molecule is CCCNCc1cccc(OCC(N)=O)c1. The Balaban J connectivity index is 2.46. The van der Waals surface area contributed by atoms with E-state index in [4.69, 9.17) is 10.5 Å². The molecule has 0 radical (unpaired) electrons. The van der Waals surface area contributed by atoms with Crippen LogP contribution in [-0.4, -0.2) is 19.1 Å². The van der Waals surface area contributed by atoms with Gasteiger partial charge in [-0.1, -0.05) is 19.1 Å². The van der Waals surface area contributed by atoms with E-state index in [2.05, 4.69) is 12.2 Å². The van der Waals surface area contributed by atoms with Crippen LogP contribution in [-0.2, 0) is 11.3 Å². The molecule has 1 aromatic carbocycles. The van der Waals surface area contributed by atoms with Gasteiger partial charge in [0.15, 0.2) is 6.61 Å². The van der Waals surface area contributed by atoms with Crippen molar-refractivity contribution in [1.82, 2.24) is 5.32 Å². The normalized spacial score (nSPS) is 10.1. The average molecular weight is 222 g/mol. The van der Waals surface area contributed by atoms with Crippen LogP contribution in [0.5, 0.6) is 5.75 Å². The summed E-state index contributed by atoms with van der Waals surface area (Å²) in [7, 11) is 0. The molecule has 4 heteroatoms. The Morgan fingerprint density at radius 1 is 1.50 bits per heavy atom. The van der Waals surface area contributed by atoms with Crippen molar-refractivity contribution < 1.29 is 9.53 Å². The lowest BCUT2D eigenvalue weighted by Crippen LogP contribution is -2.20. The average Bonchev–Trinajstić information content (AvgIpc) is 2.27. The third kappa shape index (κ3) is 4.79. The molecule has 3 N–H and O–H groups in total. The first-order valence-corrected chi connectivity index (χ1v) is 5.43. The molecule has 0 aliphatic carbocycles. The van der Waals surface area contributed by atoms with Gasteiger partial charge in [0.05, 0.1) is 0 Å². The summed E-state index contributed by atoms with van der Waals surface area (Å²) in [5.74, 6) is 0.212. The Hall–Kier alpha value is -1.55. The summed E-state index contributed by atoms with van der Waals surface area (Å²) in [6.45, 7) is 3.85. The molecule has 1 amide bonds. The van der Waals surface area contributed by atoms with Gasteiger partial charge < -0.3 is 15.8 Å². The molecule has 0 aliphatic rings. The van der Waals surface area contributed by atoms with Crippen molar-refractivity contribution >= 4 is 5.91 Å². The number of carbonyl (C=O) groups excluding carboxylic acids is 1. The highest BCUT2D eigenvalue weighted by Gasteiger charge is 1.99. The second-order valence-corrected chi connectivity index (χ2v) is 3.58. The number of ether oxygens (including phenoxy) is 1. The Labute approximate surface area is 95.8 Å². The molecule has 0 spiro atoms. The first-order chi connectivity index (χ1) is 7.72. The fourth-order valence-electron chi connectivity index (χ4n) is 1.31. The van der Waals surface area contributed by atoms with Crippen LogP contribution in [0.25, 0.3) is 0 Å². The van der Waals surface area contributed by atoms with Crippen LogP contribution < -0.4 is 15.8 Å². The maximum absolute atomic E-state index is 10.6. The Morgan fingerprint density at radius 3 is 3.00 bits per heavy atom. The molecule has 1 rings (SSSR count). The number of hydrogen-bond donors (Lipinski definition) is 2. The van der Waals surface area contributed by atoms with Crippen molar-refractivity contribution in [3.05, 3.63) is 29.8 Å². The van der Waals surface area contributed by atoms with Gasteiger partial charge in [-0.25, -0.2) is 0 Å². The molecule has 0 aliphatic heterocycles. The minimum absolute atomic E-state index is 0.0775. The van der Waals surface area contributed by atoms with Gasteiger partial charge in [-0.05, 0) is 30.7 Å². The van der Waals surface area contributed by atoms with Gasteiger partial charge in [0.1, 0.15) is 5.75 Å². The van der Waals surface area contributed by atoms with Crippen molar-refractivity contribution in [3.63, 3.8) is 0 Å². The van der Waals surface area contributed by atoms with Crippen molar-refractivity contribution in [2.24, 2.45) is 5.73 Å². The lowest BCUT2D eigenvalue weighted by atomic mass is 10.2. The van der Waals surface area contributed by atoms with E-state index >= 15 is 0 Å². The van der Waals surface area contributed by atoms with E-state index in [-0.39, 0.29) is 6.61 Å². The smallest absolute Gasteiger partial charge is 0.255 e. The number of nitrogens with two attached hydrogens (primary N) is 1. The lowest BCUT2D eigenvalue weighted by molar-refractivity contribution is -0.119. The van der Waals surface area contributed by atoms with Crippen LogP contribution in [0.4, 0.5) is 0 Å². The monoisotopic (exact) mass is 222 g/mol. The van der Waals surface area contributed by atoms with Gasteiger partial charge in [0.2, 0.25) is 0 Å². The fourth-order valence-corrected chi connectivity index (χ4v) is 1.31. The van der Waals surface area contributed by atoms with Crippen LogP contribution >= 0.6 is 0 Å². The number of nitrogens with one attached hydrogen (secondary N) is 1. The Kier molecular flexibility index (Phi) is 5.36. The van der Waals surface area contributed by atoms with Crippen molar-refractivity contribution in [3.8, 4) is 5.75 Å². The lowest BCUT2D eigenvalue weighted by Gasteiger charge is -2.07. The molecule has 0 fully saturated rings. The van der Waals surface area contributed by atoms with Gasteiger partial charge in [0.25, 0.3) is 5.91 Å². The zero-order chi connectivity index (χ0) is 11.8. The third-order valence-corrected chi connectivity index (χ3v) is 2.04. The molecule has 0 atom stereocenters. The third-order valence-electron chi connectivity index (χ3n) is 2.04. The molecule has 0 saturated heterocycles. The van der Waals surface area contributed by atoms with Crippen LogP contribution in [0.3, 0.4) is 0 Å². The summed E-state index contributed by atoms with van der Waals surface area (Å²) >= 11 is 0. The summed E-state index contributed by atoms with van der Waals surface area (Å²) in [6, 6.07) is 7.64. The van der Waals surface area contributed by atoms with E-state index in [0.29, 0.717) is 5.75 Å². The fraction of sp³-hybridized carbons (Fsp3) is 0.417. The first-order valence-electron chi connectivity index (χ1n) is 5.43. The van der Waals surface area contributed by atoms with Crippen LogP contribution in [0, 0.1) is 0 Å². The van der Waals surface area contributed by atoms with Gasteiger partial charge in [-0.15, -0.1) is 0 Å². The van der Waals surface area contributed by atoms with E-state index in [1.54, 1.807) is 0 Å². The Morgan fingerprint density at radius 2 is 2.31 bits per heavy atom. The summed E-state index contributed by atoms with van der Waals surface area (Å²) in [5, 5.41) is 3.30. The second-order valence-electron chi connectivity index (χ2n) is 3.58. The Bertz CT molecular complexity index is 340. The zero-order valence-electron chi connectivity index (χ0n) is 9.53. The minimum atomic E-state index is -0.463. The van der Waals surface area contributed by atoms with Crippen molar-refractivity contribution in [1.29, 1.82) is 0 Å². The predicted octanol–water partition coefficient (Wildman–Crippen LogP) is 1.05. The second kappa shape index (κ2) is 6.85. The van der Waals surface area contributed by atoms with E-state index in [9.17, 15) is 4.79 Å². The highest BCUT2D eigenvalue weighted by atomic mass is 16.5. The number of benzene rings is 1. The molecule has 88 valence electrons. The number of amides is 1. The molecular weight excluding hydrogens is 204 g/mol. The zero-order valence-corrected chi connectivity index (χ0v) is 9.53. The molecule has 0 heterocycles. The van der Waals surface area contributed by atoms with E-state index in [0.717, 1.165) is 25.1 Å². The van der Waals surface area contributed by atoms with Crippen molar-refractivity contribution in [2.45, 2.75) is 19.9 Å². The maximum Gasteiger partial charge on any atom is 0.255 e. The molecule has 16 heavy (non-hydrogen) atoms. The van der Waals surface area contributed by atoms with Crippen LogP contribution in [0.1, 0.15) is 18.9 Å². The predicted molar refractivity (Wildman–Crippen MR) is 63.1 cm³/mol. The van der Waals surface area contributed by atoms with Gasteiger partial charge in [-0.2, -0.15) is 0 Å². The number of rotatable bonds is 7. The number of carbonyl (C=O) groups is 1. The first kappa shape index (κ1) is 12.5. The molecular formula is C12H18N2O2. The molecule has 0 bridgehead atoms. The maximum atomic E-state index is 10.6. The number of hydrogen-bond acceptors (Lipinski definition) is 3. The number of primary amides is 1.